The molecule has 0 radical (unpaired) electrons. The maximum absolute atomic E-state index is 9.24. The van der Waals surface area contributed by atoms with Crippen LogP contribution in [-0.4, -0.2) is 57.7 Å². The van der Waals surface area contributed by atoms with Crippen molar-refractivity contribution in [2.45, 2.75) is 30.6 Å². The molecule has 0 spiro atoms. The molecule has 1 aliphatic heterocycles. The van der Waals surface area contributed by atoms with E-state index in [1.807, 2.05) is 0 Å². The van der Waals surface area contributed by atoms with Crippen molar-refractivity contribution in [1.82, 2.24) is 0 Å². The van der Waals surface area contributed by atoms with E-state index in [0.29, 0.717) is 0 Å². The molecule has 1 saturated heterocycles. The van der Waals surface area contributed by atoms with Gasteiger partial charge in [-0.2, -0.15) is 0 Å². The van der Waals surface area contributed by atoms with Gasteiger partial charge in [0, 0.05) is 0 Å². The molecule has 3 unspecified atom stereocenters. The Morgan fingerprint density at radius 2 is 1.69 bits per heavy atom. The van der Waals surface area contributed by atoms with Crippen LogP contribution in [0.15, 0.2) is 0 Å². The summed E-state index contributed by atoms with van der Waals surface area (Å²) in [5.41, 5.74) is 5.33. The zero-order valence-electron chi connectivity index (χ0n) is 6.78. The molecule has 1 fully saturated rings. The van der Waals surface area contributed by atoms with E-state index in [9.17, 15) is 5.11 Å². The third-order valence-corrected chi connectivity index (χ3v) is 1.96. The Hall–Kier alpha value is 0.0500. The fourth-order valence-corrected chi connectivity index (χ4v) is 1.13. The SMILES string of the molecule is Cl.N[C@H]1C(O)C(O)OC(CO)[C@@H]1O. The zero-order chi connectivity index (χ0) is 9.30. The lowest BCUT2D eigenvalue weighted by molar-refractivity contribution is -0.258. The van der Waals surface area contributed by atoms with Gasteiger partial charge in [0.2, 0.25) is 0 Å². The predicted octanol–water partition coefficient (Wildman–Crippen LogP) is -2.83. The van der Waals surface area contributed by atoms with Crippen LogP contribution >= 0.6 is 12.4 Å². The summed E-state index contributed by atoms with van der Waals surface area (Å²) in [6, 6.07) is -0.995. The minimum Gasteiger partial charge on any atom is -0.394 e. The topological polar surface area (TPSA) is 116 Å². The second-order valence-electron chi connectivity index (χ2n) is 2.81. The van der Waals surface area contributed by atoms with E-state index in [2.05, 4.69) is 4.74 Å². The fraction of sp³-hybridized carbons (Fsp3) is 1.00. The fourth-order valence-electron chi connectivity index (χ4n) is 1.13. The lowest BCUT2D eigenvalue weighted by atomic mass is 9.97. The highest BCUT2D eigenvalue weighted by Crippen LogP contribution is 2.17. The van der Waals surface area contributed by atoms with Gasteiger partial charge in [-0.05, 0) is 0 Å². The van der Waals surface area contributed by atoms with Crippen molar-refractivity contribution in [2.75, 3.05) is 6.61 Å². The smallest absolute Gasteiger partial charge is 0.183 e. The lowest BCUT2D eigenvalue weighted by Gasteiger charge is -2.38. The van der Waals surface area contributed by atoms with Crippen molar-refractivity contribution < 1.29 is 25.2 Å². The number of hydrogen-bond donors (Lipinski definition) is 5. The van der Waals surface area contributed by atoms with E-state index in [-0.39, 0.29) is 12.4 Å². The van der Waals surface area contributed by atoms with Crippen LogP contribution in [0.25, 0.3) is 0 Å². The van der Waals surface area contributed by atoms with Gasteiger partial charge >= 0.3 is 0 Å². The third kappa shape index (κ3) is 2.50. The number of nitrogens with two attached hydrogens (primary N) is 1. The third-order valence-electron chi connectivity index (χ3n) is 1.96. The van der Waals surface area contributed by atoms with Crippen LogP contribution < -0.4 is 5.73 Å². The van der Waals surface area contributed by atoms with Crippen LogP contribution in [0.2, 0.25) is 0 Å². The van der Waals surface area contributed by atoms with Crippen molar-refractivity contribution >= 4 is 12.4 Å². The molecule has 1 heterocycles. The molecule has 1 aliphatic rings. The Morgan fingerprint density at radius 1 is 1.15 bits per heavy atom. The molecule has 0 saturated carbocycles. The van der Waals surface area contributed by atoms with Gasteiger partial charge < -0.3 is 30.9 Å². The highest BCUT2D eigenvalue weighted by molar-refractivity contribution is 5.85. The maximum Gasteiger partial charge on any atom is 0.183 e. The number of aliphatic hydroxyl groups excluding tert-OH is 4. The summed E-state index contributed by atoms with van der Waals surface area (Å²) in [6.45, 7) is -0.446. The first-order valence-corrected chi connectivity index (χ1v) is 3.64. The van der Waals surface area contributed by atoms with Crippen molar-refractivity contribution in [3.63, 3.8) is 0 Å². The molecule has 7 heteroatoms. The van der Waals surface area contributed by atoms with E-state index in [0.717, 1.165) is 0 Å². The quantitative estimate of drug-likeness (QED) is 0.322. The summed E-state index contributed by atoms with van der Waals surface area (Å²) in [6.07, 6.45) is -4.85. The number of hydrogen-bond acceptors (Lipinski definition) is 6. The number of aliphatic hydroxyl groups is 4. The van der Waals surface area contributed by atoms with Gasteiger partial charge in [0.05, 0.1) is 12.6 Å². The molecular formula is C6H14ClNO5. The monoisotopic (exact) mass is 215 g/mol. The van der Waals surface area contributed by atoms with Crippen molar-refractivity contribution in [3.05, 3.63) is 0 Å². The minimum absolute atomic E-state index is 0. The number of ether oxygens (including phenoxy) is 1. The average molecular weight is 216 g/mol. The molecule has 0 aromatic heterocycles. The summed E-state index contributed by atoms with van der Waals surface area (Å²) in [5, 5.41) is 36.0. The highest BCUT2D eigenvalue weighted by Gasteiger charge is 2.41. The van der Waals surface area contributed by atoms with Crippen molar-refractivity contribution in [2.24, 2.45) is 5.73 Å². The van der Waals surface area contributed by atoms with Gasteiger partial charge in [0.25, 0.3) is 0 Å². The van der Waals surface area contributed by atoms with Gasteiger partial charge in [-0.1, -0.05) is 0 Å². The molecule has 0 aliphatic carbocycles. The number of rotatable bonds is 1. The maximum atomic E-state index is 9.24. The van der Waals surface area contributed by atoms with Gasteiger partial charge in [-0.25, -0.2) is 0 Å². The van der Waals surface area contributed by atoms with Crippen LogP contribution in [0.4, 0.5) is 0 Å². The van der Waals surface area contributed by atoms with E-state index in [1.165, 1.54) is 0 Å². The lowest BCUT2D eigenvalue weighted by Crippen LogP contribution is -2.62. The standard InChI is InChI=1S/C6H13NO5.ClH/c7-3-4(9)2(1-8)12-6(11)5(3)10;/h2-6,8-11H,1,7H2;1H/t2?,3-,4+,5?,6?;/m1./s1. The second kappa shape index (κ2) is 5.06. The molecule has 5 atom stereocenters. The Morgan fingerprint density at radius 3 is 2.15 bits per heavy atom. The summed E-state index contributed by atoms with van der Waals surface area (Å²) >= 11 is 0. The Balaban J connectivity index is 0.00000144. The largest absolute Gasteiger partial charge is 0.394 e. The van der Waals surface area contributed by atoms with Crippen molar-refractivity contribution in [3.8, 4) is 0 Å². The molecule has 13 heavy (non-hydrogen) atoms. The molecule has 1 rings (SSSR count). The molecular weight excluding hydrogens is 202 g/mol. The highest BCUT2D eigenvalue weighted by atomic mass is 35.5. The Kier molecular flexibility index (Phi) is 5.08. The average Bonchev–Trinajstić information content (AvgIpc) is 2.08. The first-order chi connectivity index (χ1) is 5.57. The molecule has 6 N–H and O–H groups in total. The summed E-state index contributed by atoms with van der Waals surface area (Å²) in [5.74, 6) is 0. The zero-order valence-corrected chi connectivity index (χ0v) is 7.59. The van der Waals surface area contributed by atoms with Crippen LogP contribution in [0.3, 0.4) is 0 Å². The normalized spacial score (nSPS) is 45.5. The molecule has 80 valence electrons. The summed E-state index contributed by atoms with van der Waals surface area (Å²) in [4.78, 5) is 0. The summed E-state index contributed by atoms with van der Waals surface area (Å²) in [7, 11) is 0. The first-order valence-electron chi connectivity index (χ1n) is 3.64. The van der Waals surface area contributed by atoms with Crippen LogP contribution in [0, 0.1) is 0 Å². The summed E-state index contributed by atoms with van der Waals surface area (Å²) < 4.78 is 4.66. The second-order valence-corrected chi connectivity index (χ2v) is 2.81. The van der Waals surface area contributed by atoms with E-state index < -0.39 is 37.3 Å². The van der Waals surface area contributed by atoms with Crippen LogP contribution in [0.5, 0.6) is 0 Å². The van der Waals surface area contributed by atoms with E-state index in [1.54, 1.807) is 0 Å². The minimum atomic E-state index is -1.44. The molecule has 0 bridgehead atoms. The van der Waals surface area contributed by atoms with Crippen LogP contribution in [0.1, 0.15) is 0 Å². The molecule has 0 aromatic rings. The number of halogens is 1. The van der Waals surface area contributed by atoms with E-state index in [4.69, 9.17) is 21.1 Å². The Bertz CT molecular complexity index is 155. The van der Waals surface area contributed by atoms with Gasteiger partial charge in [-0.3, -0.25) is 0 Å². The van der Waals surface area contributed by atoms with Gasteiger partial charge in [-0.15, -0.1) is 12.4 Å². The molecule has 0 aromatic carbocycles. The van der Waals surface area contributed by atoms with Gasteiger partial charge in [0.15, 0.2) is 6.29 Å². The molecule has 0 amide bonds. The van der Waals surface area contributed by atoms with Gasteiger partial charge in [0.1, 0.15) is 18.3 Å². The first kappa shape index (κ1) is 13.1. The predicted molar refractivity (Wildman–Crippen MR) is 45.2 cm³/mol. The van der Waals surface area contributed by atoms with E-state index >= 15 is 0 Å². The van der Waals surface area contributed by atoms with Crippen molar-refractivity contribution in [1.29, 1.82) is 0 Å². The Labute approximate surface area is 81.3 Å². The van der Waals surface area contributed by atoms with Crippen LogP contribution in [-0.2, 0) is 4.74 Å². The molecule has 6 nitrogen and oxygen atoms in total.